The highest BCUT2D eigenvalue weighted by Gasteiger charge is 2.16. The fourth-order valence-corrected chi connectivity index (χ4v) is 8.95. The highest BCUT2D eigenvalue weighted by atomic mass is 16.3. The lowest BCUT2D eigenvalue weighted by Crippen LogP contribution is -2.00. The number of hydrogen-bond acceptors (Lipinski definition) is 4. The van der Waals surface area contributed by atoms with E-state index in [2.05, 4.69) is 200 Å². The van der Waals surface area contributed by atoms with E-state index in [1.165, 1.54) is 32.7 Å². The van der Waals surface area contributed by atoms with Crippen molar-refractivity contribution in [2.75, 3.05) is 0 Å². The predicted octanol–water partition coefficient (Wildman–Crippen LogP) is 15.7. The summed E-state index contributed by atoms with van der Waals surface area (Å²) in [5, 5.41) is 7.06. The molecule has 0 aliphatic heterocycles. The van der Waals surface area contributed by atoms with Gasteiger partial charge in [0, 0.05) is 27.5 Å². The standard InChI is InChI=1S/C59H37N3O/c1-2-12-38(13-3-1)42-16-8-18-48(36-42)58-60-57(41-28-26-40(27-29-41)51-22-10-15-39-14-4-5-20-50(39)51)61-59(62-58)49-19-9-17-43(37-49)44-30-31-46-35-47(33-32-45(46)34-44)52-23-11-25-55-56(52)53-21-6-7-24-54(53)63-55/h1-37H. The lowest BCUT2D eigenvalue weighted by molar-refractivity contribution is 0.669. The van der Waals surface area contributed by atoms with Gasteiger partial charge in [-0.2, -0.15) is 0 Å². The third-order valence-corrected chi connectivity index (χ3v) is 12.1. The Balaban J connectivity index is 0.925. The van der Waals surface area contributed by atoms with Crippen molar-refractivity contribution in [2.45, 2.75) is 0 Å². The maximum Gasteiger partial charge on any atom is 0.164 e. The van der Waals surface area contributed by atoms with Crippen LogP contribution in [0, 0.1) is 0 Å². The van der Waals surface area contributed by atoms with E-state index in [0.717, 1.165) is 72.0 Å². The SMILES string of the molecule is c1ccc(-c2cccc(-c3nc(-c4ccc(-c5cccc6ccccc56)cc4)nc(-c4cccc(-c5ccc6cc(-c7cccc8oc9ccccc9c78)ccc6c5)c4)n3)c2)cc1. The molecule has 0 bridgehead atoms. The Labute approximate surface area is 364 Å². The van der Waals surface area contributed by atoms with Gasteiger partial charge in [0.2, 0.25) is 0 Å². The molecule has 294 valence electrons. The Morgan fingerprint density at radius 3 is 1.49 bits per heavy atom. The fourth-order valence-electron chi connectivity index (χ4n) is 8.95. The first-order valence-electron chi connectivity index (χ1n) is 21.2. The minimum Gasteiger partial charge on any atom is -0.456 e. The van der Waals surface area contributed by atoms with Crippen molar-refractivity contribution in [2.24, 2.45) is 0 Å². The molecule has 0 atom stereocenters. The van der Waals surface area contributed by atoms with Gasteiger partial charge in [-0.25, -0.2) is 15.0 Å². The third kappa shape index (κ3) is 6.71. The first-order chi connectivity index (χ1) is 31.2. The molecule has 0 radical (unpaired) electrons. The fraction of sp³-hybridized carbons (Fsp3) is 0. The molecule has 0 fully saturated rings. The van der Waals surface area contributed by atoms with Crippen LogP contribution < -0.4 is 0 Å². The molecule has 0 spiro atoms. The van der Waals surface area contributed by atoms with Gasteiger partial charge in [0.25, 0.3) is 0 Å². The largest absolute Gasteiger partial charge is 0.456 e. The molecule has 63 heavy (non-hydrogen) atoms. The Morgan fingerprint density at radius 1 is 0.254 bits per heavy atom. The molecule has 0 N–H and O–H groups in total. The van der Waals surface area contributed by atoms with Gasteiger partial charge in [0.1, 0.15) is 11.2 Å². The van der Waals surface area contributed by atoms with Crippen LogP contribution in [0.25, 0.3) is 122 Å². The van der Waals surface area contributed by atoms with E-state index in [1.807, 2.05) is 24.3 Å². The van der Waals surface area contributed by atoms with Gasteiger partial charge in [-0.15, -0.1) is 0 Å². The van der Waals surface area contributed by atoms with Crippen LogP contribution in [0.1, 0.15) is 0 Å². The monoisotopic (exact) mass is 803 g/mol. The predicted molar refractivity (Wildman–Crippen MR) is 260 cm³/mol. The van der Waals surface area contributed by atoms with Gasteiger partial charge in [-0.1, -0.05) is 188 Å². The highest BCUT2D eigenvalue weighted by Crippen LogP contribution is 2.39. The summed E-state index contributed by atoms with van der Waals surface area (Å²) in [4.78, 5) is 15.5. The van der Waals surface area contributed by atoms with Crippen molar-refractivity contribution < 1.29 is 4.42 Å². The molecular formula is C59H37N3O. The quantitative estimate of drug-likeness (QED) is 0.161. The molecule has 10 aromatic carbocycles. The summed E-state index contributed by atoms with van der Waals surface area (Å²) in [5.41, 5.74) is 13.7. The van der Waals surface area contributed by atoms with Gasteiger partial charge in [0.05, 0.1) is 0 Å². The average molecular weight is 804 g/mol. The number of benzene rings is 10. The summed E-state index contributed by atoms with van der Waals surface area (Å²) in [6, 6.07) is 78.9. The minimum atomic E-state index is 0.617. The van der Waals surface area contributed by atoms with Crippen molar-refractivity contribution in [1.29, 1.82) is 0 Å². The van der Waals surface area contributed by atoms with Crippen LogP contribution in [0.3, 0.4) is 0 Å². The lowest BCUT2D eigenvalue weighted by atomic mass is 9.95. The molecule has 12 aromatic rings. The van der Waals surface area contributed by atoms with Crippen LogP contribution >= 0.6 is 0 Å². The molecule has 0 saturated heterocycles. The molecule has 2 aromatic heterocycles. The van der Waals surface area contributed by atoms with E-state index in [1.54, 1.807) is 0 Å². The van der Waals surface area contributed by atoms with E-state index in [-0.39, 0.29) is 0 Å². The Morgan fingerprint density at radius 2 is 0.730 bits per heavy atom. The molecule has 12 rings (SSSR count). The van der Waals surface area contributed by atoms with E-state index in [4.69, 9.17) is 19.4 Å². The molecule has 0 saturated carbocycles. The number of rotatable bonds is 7. The normalized spacial score (nSPS) is 11.5. The molecule has 0 amide bonds. The van der Waals surface area contributed by atoms with Crippen LogP contribution in [0.4, 0.5) is 0 Å². The second-order valence-electron chi connectivity index (χ2n) is 16.0. The summed E-state index contributed by atoms with van der Waals surface area (Å²) in [7, 11) is 0. The van der Waals surface area contributed by atoms with Crippen LogP contribution in [-0.2, 0) is 0 Å². The third-order valence-electron chi connectivity index (χ3n) is 12.1. The first kappa shape index (κ1) is 36.4. The Hall–Kier alpha value is -8.47. The van der Waals surface area contributed by atoms with Crippen molar-refractivity contribution >= 4 is 43.5 Å². The van der Waals surface area contributed by atoms with E-state index in [9.17, 15) is 0 Å². The van der Waals surface area contributed by atoms with Crippen molar-refractivity contribution in [1.82, 2.24) is 15.0 Å². The summed E-state index contributed by atoms with van der Waals surface area (Å²) in [5.74, 6) is 1.86. The van der Waals surface area contributed by atoms with Crippen LogP contribution in [0.15, 0.2) is 229 Å². The van der Waals surface area contributed by atoms with Crippen molar-refractivity contribution in [3.05, 3.63) is 224 Å². The number of aromatic nitrogens is 3. The number of hydrogen-bond donors (Lipinski definition) is 0. The zero-order chi connectivity index (χ0) is 41.7. The molecular weight excluding hydrogens is 767 g/mol. The minimum absolute atomic E-state index is 0.617. The van der Waals surface area contributed by atoms with Gasteiger partial charge in [0.15, 0.2) is 17.5 Å². The molecule has 0 aliphatic carbocycles. The van der Waals surface area contributed by atoms with E-state index < -0.39 is 0 Å². The number of furan rings is 1. The smallest absolute Gasteiger partial charge is 0.164 e. The van der Waals surface area contributed by atoms with Gasteiger partial charge >= 0.3 is 0 Å². The highest BCUT2D eigenvalue weighted by molar-refractivity contribution is 6.13. The summed E-state index contributed by atoms with van der Waals surface area (Å²) < 4.78 is 6.21. The second-order valence-corrected chi connectivity index (χ2v) is 16.0. The van der Waals surface area contributed by atoms with E-state index >= 15 is 0 Å². The average Bonchev–Trinajstić information content (AvgIpc) is 3.75. The van der Waals surface area contributed by atoms with Crippen molar-refractivity contribution in [3.8, 4) is 78.7 Å². The molecule has 0 aliphatic rings. The number of fused-ring (bicyclic) bond motifs is 5. The Kier molecular flexibility index (Phi) is 8.79. The maximum absolute atomic E-state index is 6.21. The van der Waals surface area contributed by atoms with Gasteiger partial charge < -0.3 is 4.42 Å². The maximum atomic E-state index is 6.21. The molecule has 4 nitrogen and oxygen atoms in total. The van der Waals surface area contributed by atoms with Crippen molar-refractivity contribution in [3.63, 3.8) is 0 Å². The van der Waals surface area contributed by atoms with Gasteiger partial charge in [-0.3, -0.25) is 0 Å². The lowest BCUT2D eigenvalue weighted by Gasteiger charge is -2.12. The topological polar surface area (TPSA) is 51.8 Å². The zero-order valence-corrected chi connectivity index (χ0v) is 34.1. The first-order valence-corrected chi connectivity index (χ1v) is 21.2. The van der Waals surface area contributed by atoms with Gasteiger partial charge in [-0.05, 0) is 102 Å². The van der Waals surface area contributed by atoms with Crippen LogP contribution in [0.5, 0.6) is 0 Å². The second kappa shape index (κ2) is 15.2. The zero-order valence-electron chi connectivity index (χ0n) is 34.1. The van der Waals surface area contributed by atoms with Crippen LogP contribution in [-0.4, -0.2) is 15.0 Å². The Bertz CT molecular complexity index is 3680. The molecule has 4 heteroatoms. The van der Waals surface area contributed by atoms with E-state index in [0.29, 0.717) is 17.5 Å². The van der Waals surface area contributed by atoms with Crippen LogP contribution in [0.2, 0.25) is 0 Å². The molecule has 0 unspecified atom stereocenters. The summed E-state index contributed by atoms with van der Waals surface area (Å²) in [6.45, 7) is 0. The number of para-hydroxylation sites is 1. The number of nitrogens with zero attached hydrogens (tertiary/aromatic N) is 3. The molecule has 2 heterocycles. The summed E-state index contributed by atoms with van der Waals surface area (Å²) in [6.07, 6.45) is 0. The summed E-state index contributed by atoms with van der Waals surface area (Å²) >= 11 is 0.